The Morgan fingerprint density at radius 3 is 3.05 bits per heavy atom. The van der Waals surface area contributed by atoms with E-state index in [4.69, 9.17) is 5.73 Å². The highest BCUT2D eigenvalue weighted by molar-refractivity contribution is 7.98. The standard InChI is InChI=1S/C15H16N2OS2/c1-9-11(16)3-2-4-12(9)17-15(18)14-7-10-8-19-6-5-13(10)20-14/h2-4,7H,5-6,8,16H2,1H3,(H,17,18). The molecule has 0 bridgehead atoms. The fourth-order valence-corrected chi connectivity index (χ4v) is 4.50. The van der Waals surface area contributed by atoms with E-state index in [1.807, 2.05) is 43.0 Å². The van der Waals surface area contributed by atoms with E-state index in [1.54, 1.807) is 11.3 Å². The first-order valence-corrected chi connectivity index (χ1v) is 8.48. The summed E-state index contributed by atoms with van der Waals surface area (Å²) < 4.78 is 0. The second-order valence-electron chi connectivity index (χ2n) is 4.84. The molecule has 1 aliphatic heterocycles. The molecule has 0 aliphatic carbocycles. The number of aryl methyl sites for hydroxylation is 1. The van der Waals surface area contributed by atoms with Gasteiger partial charge in [-0.05, 0) is 48.4 Å². The summed E-state index contributed by atoms with van der Waals surface area (Å²) in [5.74, 6) is 2.14. The van der Waals surface area contributed by atoms with E-state index in [1.165, 1.54) is 10.4 Å². The predicted molar refractivity (Wildman–Crippen MR) is 87.7 cm³/mol. The van der Waals surface area contributed by atoms with Crippen LogP contribution in [0, 0.1) is 6.92 Å². The lowest BCUT2D eigenvalue weighted by Gasteiger charge is -2.09. The molecule has 1 aliphatic rings. The smallest absolute Gasteiger partial charge is 0.265 e. The van der Waals surface area contributed by atoms with Crippen LogP contribution in [0.1, 0.15) is 25.7 Å². The molecule has 104 valence electrons. The zero-order chi connectivity index (χ0) is 14.1. The number of nitrogens with one attached hydrogen (secondary N) is 1. The molecule has 1 aromatic carbocycles. The highest BCUT2D eigenvalue weighted by atomic mass is 32.2. The van der Waals surface area contributed by atoms with Gasteiger partial charge in [-0.1, -0.05) is 6.07 Å². The number of amides is 1. The summed E-state index contributed by atoms with van der Waals surface area (Å²) in [6, 6.07) is 7.61. The molecule has 0 saturated carbocycles. The van der Waals surface area contributed by atoms with Crippen LogP contribution in [0.5, 0.6) is 0 Å². The highest BCUT2D eigenvalue weighted by Gasteiger charge is 2.18. The molecule has 5 heteroatoms. The van der Waals surface area contributed by atoms with Crippen LogP contribution in [0.25, 0.3) is 0 Å². The molecule has 0 unspecified atom stereocenters. The number of carbonyl (C=O) groups is 1. The zero-order valence-corrected chi connectivity index (χ0v) is 12.9. The van der Waals surface area contributed by atoms with Crippen molar-refractivity contribution in [1.29, 1.82) is 0 Å². The molecule has 1 amide bonds. The van der Waals surface area contributed by atoms with Crippen molar-refractivity contribution in [1.82, 2.24) is 0 Å². The van der Waals surface area contributed by atoms with E-state index in [0.717, 1.165) is 34.1 Å². The Labute approximate surface area is 126 Å². The number of anilines is 2. The Kier molecular flexibility index (Phi) is 3.72. The Morgan fingerprint density at radius 1 is 1.40 bits per heavy atom. The Morgan fingerprint density at radius 2 is 2.25 bits per heavy atom. The van der Waals surface area contributed by atoms with Crippen LogP contribution in [0.15, 0.2) is 24.3 Å². The van der Waals surface area contributed by atoms with Gasteiger partial charge in [0.05, 0.1) is 4.88 Å². The number of hydrogen-bond donors (Lipinski definition) is 2. The number of carbonyl (C=O) groups excluding carboxylic acids is 1. The van der Waals surface area contributed by atoms with E-state index in [9.17, 15) is 4.79 Å². The van der Waals surface area contributed by atoms with Gasteiger partial charge >= 0.3 is 0 Å². The van der Waals surface area contributed by atoms with E-state index >= 15 is 0 Å². The van der Waals surface area contributed by atoms with Gasteiger partial charge in [0, 0.05) is 22.0 Å². The van der Waals surface area contributed by atoms with Crippen LogP contribution in [-0.2, 0) is 12.2 Å². The largest absolute Gasteiger partial charge is 0.398 e. The van der Waals surface area contributed by atoms with E-state index in [-0.39, 0.29) is 5.91 Å². The van der Waals surface area contributed by atoms with Gasteiger partial charge in [0.25, 0.3) is 5.91 Å². The lowest BCUT2D eigenvalue weighted by atomic mass is 10.1. The third kappa shape index (κ3) is 2.55. The Balaban J connectivity index is 1.82. The monoisotopic (exact) mass is 304 g/mol. The molecule has 0 saturated heterocycles. The number of thiophene rings is 1. The molecule has 2 aromatic rings. The number of rotatable bonds is 2. The van der Waals surface area contributed by atoms with E-state index in [2.05, 4.69) is 5.32 Å². The summed E-state index contributed by atoms with van der Waals surface area (Å²) in [4.78, 5) is 14.5. The number of benzene rings is 1. The third-order valence-electron chi connectivity index (χ3n) is 3.48. The summed E-state index contributed by atoms with van der Waals surface area (Å²) in [6.45, 7) is 1.92. The Hall–Kier alpha value is -1.46. The van der Waals surface area contributed by atoms with Crippen LogP contribution in [0.3, 0.4) is 0 Å². The van der Waals surface area contributed by atoms with Crippen LogP contribution in [-0.4, -0.2) is 11.7 Å². The minimum absolute atomic E-state index is 0.0388. The van der Waals surface area contributed by atoms with Crippen molar-refractivity contribution in [3.63, 3.8) is 0 Å². The van der Waals surface area contributed by atoms with Gasteiger partial charge in [-0.2, -0.15) is 11.8 Å². The zero-order valence-electron chi connectivity index (χ0n) is 11.2. The van der Waals surface area contributed by atoms with Crippen molar-refractivity contribution in [2.45, 2.75) is 19.1 Å². The number of fused-ring (bicyclic) bond motifs is 1. The van der Waals surface area contributed by atoms with Crippen molar-refractivity contribution in [2.24, 2.45) is 0 Å². The second-order valence-corrected chi connectivity index (χ2v) is 7.08. The minimum Gasteiger partial charge on any atom is -0.398 e. The van der Waals surface area contributed by atoms with E-state index in [0.29, 0.717) is 5.69 Å². The first kappa shape index (κ1) is 13.5. The first-order chi connectivity index (χ1) is 9.65. The molecule has 0 fully saturated rings. The van der Waals surface area contributed by atoms with Crippen LogP contribution < -0.4 is 11.1 Å². The normalized spacial score (nSPS) is 13.8. The van der Waals surface area contributed by atoms with Crippen molar-refractivity contribution in [3.8, 4) is 0 Å². The first-order valence-electron chi connectivity index (χ1n) is 6.51. The molecule has 1 aromatic heterocycles. The van der Waals surface area contributed by atoms with Crippen molar-refractivity contribution >= 4 is 40.4 Å². The van der Waals surface area contributed by atoms with E-state index < -0.39 is 0 Å². The second kappa shape index (κ2) is 5.50. The molecule has 20 heavy (non-hydrogen) atoms. The molecule has 3 rings (SSSR count). The molecule has 3 N–H and O–H groups in total. The van der Waals surface area contributed by atoms with Gasteiger partial charge < -0.3 is 11.1 Å². The minimum atomic E-state index is -0.0388. The fourth-order valence-electron chi connectivity index (χ4n) is 2.23. The Bertz CT molecular complexity index is 640. The van der Waals surface area contributed by atoms with Gasteiger partial charge in [0.15, 0.2) is 0 Å². The van der Waals surface area contributed by atoms with Gasteiger partial charge in [-0.3, -0.25) is 4.79 Å². The molecule has 0 radical (unpaired) electrons. The third-order valence-corrected chi connectivity index (χ3v) is 5.72. The van der Waals surface area contributed by atoms with Crippen LogP contribution >= 0.6 is 23.1 Å². The molecule has 0 spiro atoms. The number of thioether (sulfide) groups is 1. The number of nitrogen functional groups attached to an aromatic ring is 1. The summed E-state index contributed by atoms with van der Waals surface area (Å²) in [7, 11) is 0. The van der Waals surface area contributed by atoms with Gasteiger partial charge in [-0.15, -0.1) is 11.3 Å². The lowest BCUT2D eigenvalue weighted by molar-refractivity contribution is 0.103. The van der Waals surface area contributed by atoms with Crippen LogP contribution in [0.4, 0.5) is 11.4 Å². The molecule has 0 atom stereocenters. The molecule has 2 heterocycles. The fraction of sp³-hybridized carbons (Fsp3) is 0.267. The maximum Gasteiger partial charge on any atom is 0.265 e. The molecular weight excluding hydrogens is 288 g/mol. The average molecular weight is 304 g/mol. The maximum atomic E-state index is 12.3. The predicted octanol–water partition coefficient (Wildman–Crippen LogP) is 3.68. The van der Waals surface area contributed by atoms with Crippen molar-refractivity contribution in [3.05, 3.63) is 45.1 Å². The number of hydrogen-bond acceptors (Lipinski definition) is 4. The molecule has 3 nitrogen and oxygen atoms in total. The summed E-state index contributed by atoms with van der Waals surface area (Å²) in [5, 5.41) is 2.96. The summed E-state index contributed by atoms with van der Waals surface area (Å²) in [5.41, 5.74) is 9.58. The highest BCUT2D eigenvalue weighted by Crippen LogP contribution is 2.32. The maximum absolute atomic E-state index is 12.3. The quantitative estimate of drug-likeness (QED) is 0.832. The van der Waals surface area contributed by atoms with Gasteiger partial charge in [0.2, 0.25) is 0 Å². The van der Waals surface area contributed by atoms with Crippen molar-refractivity contribution in [2.75, 3.05) is 16.8 Å². The van der Waals surface area contributed by atoms with Gasteiger partial charge in [0.1, 0.15) is 0 Å². The van der Waals surface area contributed by atoms with Crippen LogP contribution in [0.2, 0.25) is 0 Å². The molecular formula is C15H16N2OS2. The summed E-state index contributed by atoms with van der Waals surface area (Å²) in [6.07, 6.45) is 1.08. The van der Waals surface area contributed by atoms with Gasteiger partial charge in [-0.25, -0.2) is 0 Å². The number of nitrogens with two attached hydrogens (primary N) is 1. The average Bonchev–Trinajstić information content (AvgIpc) is 2.88. The lowest BCUT2D eigenvalue weighted by Crippen LogP contribution is -2.11. The van der Waals surface area contributed by atoms with Crippen molar-refractivity contribution < 1.29 is 4.79 Å². The summed E-state index contributed by atoms with van der Waals surface area (Å²) >= 11 is 3.55. The topological polar surface area (TPSA) is 55.1 Å². The SMILES string of the molecule is Cc1c(N)cccc1NC(=O)c1cc2c(s1)CCSC2.